The summed E-state index contributed by atoms with van der Waals surface area (Å²) in [4.78, 5) is 34.8. The van der Waals surface area contributed by atoms with Gasteiger partial charge in [0.25, 0.3) is 5.91 Å². The minimum atomic E-state index is -0.621. The molecule has 0 saturated carbocycles. The molecule has 0 unspecified atom stereocenters. The molecule has 0 heterocycles. The topological polar surface area (TPSA) is 108 Å². The van der Waals surface area contributed by atoms with Crippen molar-refractivity contribution in [3.63, 3.8) is 0 Å². The third-order valence-electron chi connectivity index (χ3n) is 3.33. The Hall–Kier alpha value is -2.88. The van der Waals surface area contributed by atoms with Crippen LogP contribution >= 0.6 is 0 Å². The molecule has 0 spiro atoms. The number of benzene rings is 1. The number of nitrogens with zero attached hydrogens (tertiary/aromatic N) is 1. The molecule has 2 amide bonds. The molecule has 2 N–H and O–H groups in total. The zero-order valence-corrected chi connectivity index (χ0v) is 13.8. The van der Waals surface area contributed by atoms with Crippen molar-refractivity contribution in [3.8, 4) is 6.07 Å². The van der Waals surface area contributed by atoms with Crippen molar-refractivity contribution in [2.75, 3.05) is 11.9 Å². The summed E-state index contributed by atoms with van der Waals surface area (Å²) in [6, 6.07) is 7.82. The molecule has 0 bridgehead atoms. The minimum absolute atomic E-state index is 0.0764. The highest BCUT2D eigenvalue weighted by molar-refractivity contribution is 5.94. The van der Waals surface area contributed by atoms with E-state index in [1.165, 1.54) is 24.3 Å². The Morgan fingerprint density at radius 3 is 2.29 bits per heavy atom. The molecule has 0 saturated heterocycles. The summed E-state index contributed by atoms with van der Waals surface area (Å²) < 4.78 is 4.96. The van der Waals surface area contributed by atoms with Crippen LogP contribution in [0.5, 0.6) is 0 Å². The van der Waals surface area contributed by atoms with E-state index in [0.29, 0.717) is 5.69 Å². The Balaban J connectivity index is 2.49. The largest absolute Gasteiger partial charge is 0.452 e. The van der Waals surface area contributed by atoms with Crippen molar-refractivity contribution < 1.29 is 19.1 Å². The van der Waals surface area contributed by atoms with Crippen LogP contribution in [0.15, 0.2) is 24.3 Å². The number of amides is 2. The Morgan fingerprint density at radius 2 is 1.75 bits per heavy atom. The van der Waals surface area contributed by atoms with Crippen molar-refractivity contribution in [2.45, 2.75) is 39.2 Å². The van der Waals surface area contributed by atoms with Gasteiger partial charge in [0.05, 0.1) is 11.6 Å². The predicted molar refractivity (Wildman–Crippen MR) is 88.1 cm³/mol. The van der Waals surface area contributed by atoms with E-state index in [0.717, 1.165) is 12.8 Å². The quantitative estimate of drug-likeness (QED) is 0.708. The van der Waals surface area contributed by atoms with Crippen LogP contribution in [0.3, 0.4) is 0 Å². The van der Waals surface area contributed by atoms with Gasteiger partial charge in [-0.05, 0) is 37.1 Å². The molecule has 1 rings (SSSR count). The van der Waals surface area contributed by atoms with E-state index in [4.69, 9.17) is 10.00 Å². The minimum Gasteiger partial charge on any atom is -0.452 e. The van der Waals surface area contributed by atoms with Gasteiger partial charge in [0.1, 0.15) is 6.42 Å². The first kappa shape index (κ1) is 19.2. The number of nitriles is 1. The molecule has 1 aromatic carbocycles. The lowest BCUT2D eigenvalue weighted by atomic mass is 10.2. The van der Waals surface area contributed by atoms with Crippen LogP contribution in [-0.4, -0.2) is 30.4 Å². The van der Waals surface area contributed by atoms with E-state index >= 15 is 0 Å². The van der Waals surface area contributed by atoms with E-state index in [2.05, 4.69) is 10.6 Å². The maximum absolute atomic E-state index is 11.9. The van der Waals surface area contributed by atoms with Crippen LogP contribution in [0.1, 0.15) is 43.5 Å². The second-order valence-electron chi connectivity index (χ2n) is 5.12. The van der Waals surface area contributed by atoms with Gasteiger partial charge in [0.15, 0.2) is 6.61 Å². The van der Waals surface area contributed by atoms with Gasteiger partial charge in [-0.1, -0.05) is 13.8 Å². The number of esters is 1. The second kappa shape index (κ2) is 10.0. The number of anilines is 1. The summed E-state index contributed by atoms with van der Waals surface area (Å²) in [6.45, 7) is 3.60. The Morgan fingerprint density at radius 1 is 1.12 bits per heavy atom. The summed E-state index contributed by atoms with van der Waals surface area (Å²) in [5, 5.41) is 13.7. The van der Waals surface area contributed by atoms with Crippen molar-refractivity contribution in [2.24, 2.45) is 0 Å². The summed E-state index contributed by atoms with van der Waals surface area (Å²) in [5.74, 6) is -1.38. The van der Waals surface area contributed by atoms with E-state index in [9.17, 15) is 14.4 Å². The lowest BCUT2D eigenvalue weighted by molar-refractivity contribution is -0.125. The highest BCUT2D eigenvalue weighted by Gasteiger charge is 2.13. The fraction of sp³-hybridized carbons (Fsp3) is 0.412. The fourth-order valence-electron chi connectivity index (χ4n) is 1.94. The molecule has 0 radical (unpaired) electrons. The van der Waals surface area contributed by atoms with Crippen molar-refractivity contribution >= 4 is 23.5 Å². The van der Waals surface area contributed by atoms with Gasteiger partial charge >= 0.3 is 5.97 Å². The molecule has 0 aliphatic carbocycles. The smallest absolute Gasteiger partial charge is 0.338 e. The monoisotopic (exact) mass is 331 g/mol. The lowest BCUT2D eigenvalue weighted by Gasteiger charge is -2.14. The molecule has 24 heavy (non-hydrogen) atoms. The van der Waals surface area contributed by atoms with Crippen LogP contribution in [-0.2, 0) is 14.3 Å². The van der Waals surface area contributed by atoms with Crippen LogP contribution in [0, 0.1) is 11.3 Å². The van der Waals surface area contributed by atoms with Crippen molar-refractivity contribution in [1.29, 1.82) is 5.26 Å². The number of carbonyl (C=O) groups is 3. The van der Waals surface area contributed by atoms with E-state index in [1.54, 1.807) is 6.07 Å². The number of carbonyl (C=O) groups excluding carboxylic acids is 3. The number of ether oxygens (including phenoxy) is 1. The summed E-state index contributed by atoms with van der Waals surface area (Å²) in [5.41, 5.74) is 0.738. The average Bonchev–Trinajstić information content (AvgIpc) is 2.58. The molecule has 0 aliphatic heterocycles. The highest BCUT2D eigenvalue weighted by Crippen LogP contribution is 2.11. The summed E-state index contributed by atoms with van der Waals surface area (Å²) in [6.07, 6.45) is 1.39. The van der Waals surface area contributed by atoms with Gasteiger partial charge < -0.3 is 15.4 Å². The molecule has 0 atom stereocenters. The first-order valence-corrected chi connectivity index (χ1v) is 7.73. The van der Waals surface area contributed by atoms with Crippen LogP contribution < -0.4 is 10.6 Å². The predicted octanol–water partition coefficient (Wildman–Crippen LogP) is 2.00. The zero-order chi connectivity index (χ0) is 17.9. The Labute approximate surface area is 141 Å². The number of hydrogen-bond donors (Lipinski definition) is 2. The normalized spacial score (nSPS) is 9.92. The maximum atomic E-state index is 11.9. The van der Waals surface area contributed by atoms with Crippen molar-refractivity contribution in [1.82, 2.24) is 5.32 Å². The van der Waals surface area contributed by atoms with Crippen LogP contribution in [0.2, 0.25) is 0 Å². The van der Waals surface area contributed by atoms with Gasteiger partial charge in [-0.15, -0.1) is 0 Å². The molecule has 0 aromatic heterocycles. The molecular weight excluding hydrogens is 310 g/mol. The number of hydrogen-bond acceptors (Lipinski definition) is 5. The lowest BCUT2D eigenvalue weighted by Crippen LogP contribution is -2.36. The molecule has 128 valence electrons. The van der Waals surface area contributed by atoms with Crippen LogP contribution in [0.4, 0.5) is 5.69 Å². The summed E-state index contributed by atoms with van der Waals surface area (Å²) >= 11 is 0. The highest BCUT2D eigenvalue weighted by atomic mass is 16.5. The maximum Gasteiger partial charge on any atom is 0.338 e. The van der Waals surface area contributed by atoms with Gasteiger partial charge in [-0.3, -0.25) is 9.59 Å². The molecular formula is C17H21N3O4. The number of rotatable bonds is 8. The third-order valence-corrected chi connectivity index (χ3v) is 3.33. The van der Waals surface area contributed by atoms with Crippen molar-refractivity contribution in [3.05, 3.63) is 29.8 Å². The zero-order valence-electron chi connectivity index (χ0n) is 13.8. The average molecular weight is 331 g/mol. The van der Waals surface area contributed by atoms with Gasteiger partial charge in [-0.2, -0.15) is 5.26 Å². The second-order valence-corrected chi connectivity index (χ2v) is 5.12. The molecule has 1 aromatic rings. The molecule has 0 fully saturated rings. The molecule has 7 heteroatoms. The molecule has 7 nitrogen and oxygen atoms in total. The van der Waals surface area contributed by atoms with E-state index in [-0.39, 0.29) is 30.5 Å². The van der Waals surface area contributed by atoms with Gasteiger partial charge in [-0.25, -0.2) is 4.79 Å². The number of nitrogens with one attached hydrogen (secondary N) is 2. The fourth-order valence-corrected chi connectivity index (χ4v) is 1.94. The Bertz CT molecular complexity index is 616. The van der Waals surface area contributed by atoms with Crippen LogP contribution in [0.25, 0.3) is 0 Å². The van der Waals surface area contributed by atoms with Gasteiger partial charge in [0.2, 0.25) is 5.91 Å². The van der Waals surface area contributed by atoms with Gasteiger partial charge in [0, 0.05) is 11.7 Å². The Kier molecular flexibility index (Phi) is 7.99. The standard InChI is InChI=1S/C17H21N3O4/c1-3-13(4-2)19-16(22)11-24-17(23)12-5-7-14(8-6-12)20-15(21)9-10-18/h5-8,13H,3-4,9,11H2,1-2H3,(H,19,22)(H,20,21). The molecule has 0 aliphatic rings. The first-order chi connectivity index (χ1) is 11.5. The summed E-state index contributed by atoms with van der Waals surface area (Å²) in [7, 11) is 0. The third kappa shape index (κ3) is 6.48. The van der Waals surface area contributed by atoms with E-state index < -0.39 is 11.9 Å². The van der Waals surface area contributed by atoms with E-state index in [1.807, 2.05) is 13.8 Å². The first-order valence-electron chi connectivity index (χ1n) is 7.73. The SMILES string of the molecule is CCC(CC)NC(=O)COC(=O)c1ccc(NC(=O)CC#N)cc1.